The number of para-hydroxylation sites is 1. The second-order valence-corrected chi connectivity index (χ2v) is 4.85. The van der Waals surface area contributed by atoms with Crippen LogP contribution in [0.15, 0.2) is 18.2 Å². The zero-order valence-electron chi connectivity index (χ0n) is 11.4. The van der Waals surface area contributed by atoms with E-state index in [2.05, 4.69) is 0 Å². The molecule has 4 nitrogen and oxygen atoms in total. The van der Waals surface area contributed by atoms with Crippen molar-refractivity contribution in [1.82, 2.24) is 0 Å². The smallest absolute Gasteiger partial charge is 0.303 e. The summed E-state index contributed by atoms with van der Waals surface area (Å²) in [7, 11) is 1.60. The first kappa shape index (κ1) is 13.7. The van der Waals surface area contributed by atoms with Gasteiger partial charge in [0, 0.05) is 11.5 Å². The molecule has 1 saturated carbocycles. The summed E-state index contributed by atoms with van der Waals surface area (Å²) in [4.78, 5) is 11.1. The van der Waals surface area contributed by atoms with Crippen LogP contribution < -0.4 is 9.47 Å². The molecule has 1 N–H and O–H groups in total. The number of hydrogen-bond donors (Lipinski definition) is 1. The van der Waals surface area contributed by atoms with E-state index >= 15 is 0 Å². The van der Waals surface area contributed by atoms with Gasteiger partial charge < -0.3 is 14.6 Å². The molecule has 0 saturated heterocycles. The number of hydrogen-bond acceptors (Lipinski definition) is 3. The summed E-state index contributed by atoms with van der Waals surface area (Å²) in [6.07, 6.45) is 2.35. The number of ether oxygens (including phenoxy) is 2. The monoisotopic (exact) mass is 264 g/mol. The van der Waals surface area contributed by atoms with E-state index in [0.717, 1.165) is 18.4 Å². The molecule has 0 spiro atoms. The Labute approximate surface area is 113 Å². The third-order valence-corrected chi connectivity index (χ3v) is 3.50. The van der Waals surface area contributed by atoms with E-state index < -0.39 is 5.97 Å². The zero-order valence-corrected chi connectivity index (χ0v) is 11.4. The van der Waals surface area contributed by atoms with E-state index in [0.29, 0.717) is 24.0 Å². The molecule has 0 aliphatic heterocycles. The Morgan fingerprint density at radius 3 is 2.74 bits per heavy atom. The molecule has 19 heavy (non-hydrogen) atoms. The summed E-state index contributed by atoms with van der Waals surface area (Å²) < 4.78 is 11.0. The number of rotatable bonds is 7. The minimum absolute atomic E-state index is 0.0224. The molecule has 1 aromatic carbocycles. The molecule has 1 fully saturated rings. The predicted octanol–water partition coefficient (Wildman–Crippen LogP) is 3.06. The van der Waals surface area contributed by atoms with Crippen molar-refractivity contribution in [3.05, 3.63) is 23.8 Å². The minimum Gasteiger partial charge on any atom is -0.493 e. The van der Waals surface area contributed by atoms with Crippen LogP contribution in [-0.2, 0) is 4.79 Å². The Balaban J connectivity index is 2.36. The normalized spacial score (nSPS) is 15.9. The molecule has 0 bridgehead atoms. The standard InChI is InChI=1S/C15H20O4/c1-3-19-15-11(5-4-6-13(15)18-2)12(9-14(16)17)10-7-8-10/h4-6,10,12H,3,7-9H2,1-2H3,(H,16,17). The van der Waals surface area contributed by atoms with Gasteiger partial charge in [-0.15, -0.1) is 0 Å². The van der Waals surface area contributed by atoms with Gasteiger partial charge in [0.05, 0.1) is 20.1 Å². The Morgan fingerprint density at radius 1 is 1.47 bits per heavy atom. The van der Waals surface area contributed by atoms with Crippen LogP contribution in [0.4, 0.5) is 0 Å². The van der Waals surface area contributed by atoms with Crippen LogP contribution in [0.3, 0.4) is 0 Å². The Kier molecular flexibility index (Phi) is 4.30. The highest BCUT2D eigenvalue weighted by molar-refractivity contribution is 5.69. The molecule has 1 unspecified atom stereocenters. The van der Waals surface area contributed by atoms with E-state index in [1.807, 2.05) is 25.1 Å². The van der Waals surface area contributed by atoms with Gasteiger partial charge in [-0.1, -0.05) is 12.1 Å². The van der Waals surface area contributed by atoms with Crippen LogP contribution in [0, 0.1) is 5.92 Å². The van der Waals surface area contributed by atoms with Crippen molar-refractivity contribution in [3.8, 4) is 11.5 Å². The molecule has 1 aliphatic rings. The lowest BCUT2D eigenvalue weighted by atomic mass is 9.90. The molecular weight excluding hydrogens is 244 g/mol. The number of methoxy groups -OCH3 is 1. The van der Waals surface area contributed by atoms with Gasteiger partial charge in [-0.3, -0.25) is 4.79 Å². The Bertz CT molecular complexity index is 451. The fourth-order valence-electron chi connectivity index (χ4n) is 2.50. The first-order chi connectivity index (χ1) is 9.17. The average Bonchev–Trinajstić information content (AvgIpc) is 3.21. The van der Waals surface area contributed by atoms with Gasteiger partial charge in [0.25, 0.3) is 0 Å². The van der Waals surface area contributed by atoms with Gasteiger partial charge >= 0.3 is 5.97 Å². The molecule has 4 heteroatoms. The van der Waals surface area contributed by atoms with Crippen LogP contribution in [-0.4, -0.2) is 24.8 Å². The second-order valence-electron chi connectivity index (χ2n) is 4.85. The van der Waals surface area contributed by atoms with Gasteiger partial charge in [-0.25, -0.2) is 0 Å². The van der Waals surface area contributed by atoms with E-state index in [1.165, 1.54) is 0 Å². The highest BCUT2D eigenvalue weighted by Crippen LogP contribution is 2.48. The molecular formula is C15H20O4. The molecule has 1 aliphatic carbocycles. The van der Waals surface area contributed by atoms with Gasteiger partial charge in [-0.05, 0) is 31.7 Å². The molecule has 0 heterocycles. The summed E-state index contributed by atoms with van der Waals surface area (Å²) in [5.41, 5.74) is 0.964. The van der Waals surface area contributed by atoms with E-state index in [-0.39, 0.29) is 12.3 Å². The summed E-state index contributed by atoms with van der Waals surface area (Å²) >= 11 is 0. The molecule has 0 aromatic heterocycles. The third-order valence-electron chi connectivity index (χ3n) is 3.50. The molecule has 1 aromatic rings. The van der Waals surface area contributed by atoms with Crippen molar-refractivity contribution in [3.63, 3.8) is 0 Å². The van der Waals surface area contributed by atoms with Crippen molar-refractivity contribution in [2.75, 3.05) is 13.7 Å². The van der Waals surface area contributed by atoms with E-state index in [1.54, 1.807) is 7.11 Å². The summed E-state index contributed by atoms with van der Waals surface area (Å²) in [5, 5.41) is 9.10. The lowest BCUT2D eigenvalue weighted by Gasteiger charge is -2.20. The highest BCUT2D eigenvalue weighted by atomic mass is 16.5. The van der Waals surface area contributed by atoms with Crippen LogP contribution in [0.25, 0.3) is 0 Å². The minimum atomic E-state index is -0.762. The second kappa shape index (κ2) is 5.95. The molecule has 1 atom stereocenters. The lowest BCUT2D eigenvalue weighted by molar-refractivity contribution is -0.137. The van der Waals surface area contributed by atoms with Crippen molar-refractivity contribution >= 4 is 5.97 Å². The van der Waals surface area contributed by atoms with Crippen LogP contribution in [0.1, 0.15) is 37.7 Å². The number of benzene rings is 1. The number of carbonyl (C=O) groups is 1. The fraction of sp³-hybridized carbons (Fsp3) is 0.533. The van der Waals surface area contributed by atoms with Crippen molar-refractivity contribution in [2.45, 2.75) is 32.1 Å². The SMILES string of the molecule is CCOc1c(OC)cccc1C(CC(=O)O)C1CC1. The van der Waals surface area contributed by atoms with Crippen molar-refractivity contribution in [2.24, 2.45) is 5.92 Å². The van der Waals surface area contributed by atoms with Crippen LogP contribution >= 0.6 is 0 Å². The highest BCUT2D eigenvalue weighted by Gasteiger charge is 2.36. The third kappa shape index (κ3) is 3.19. The van der Waals surface area contributed by atoms with E-state index in [4.69, 9.17) is 14.6 Å². The number of carboxylic acids is 1. The average molecular weight is 264 g/mol. The Morgan fingerprint density at radius 2 is 2.21 bits per heavy atom. The predicted molar refractivity (Wildman–Crippen MR) is 71.9 cm³/mol. The van der Waals surface area contributed by atoms with Gasteiger partial charge in [0.1, 0.15) is 0 Å². The molecule has 0 radical (unpaired) electrons. The van der Waals surface area contributed by atoms with Gasteiger partial charge in [-0.2, -0.15) is 0 Å². The maximum atomic E-state index is 11.1. The fourth-order valence-corrected chi connectivity index (χ4v) is 2.50. The van der Waals surface area contributed by atoms with Crippen molar-refractivity contribution < 1.29 is 19.4 Å². The maximum absolute atomic E-state index is 11.1. The number of aliphatic carboxylic acids is 1. The quantitative estimate of drug-likeness (QED) is 0.822. The maximum Gasteiger partial charge on any atom is 0.303 e. The van der Waals surface area contributed by atoms with Crippen LogP contribution in [0.2, 0.25) is 0 Å². The summed E-state index contributed by atoms with van der Waals surface area (Å²) in [6, 6.07) is 5.70. The topological polar surface area (TPSA) is 55.8 Å². The lowest BCUT2D eigenvalue weighted by Crippen LogP contribution is -2.11. The van der Waals surface area contributed by atoms with Crippen molar-refractivity contribution in [1.29, 1.82) is 0 Å². The zero-order chi connectivity index (χ0) is 13.8. The van der Waals surface area contributed by atoms with E-state index in [9.17, 15) is 4.79 Å². The molecule has 0 amide bonds. The first-order valence-electron chi connectivity index (χ1n) is 6.68. The van der Waals surface area contributed by atoms with Gasteiger partial charge in [0.15, 0.2) is 11.5 Å². The van der Waals surface area contributed by atoms with Gasteiger partial charge in [0.2, 0.25) is 0 Å². The summed E-state index contributed by atoms with van der Waals surface area (Å²) in [5.74, 6) is 1.10. The largest absolute Gasteiger partial charge is 0.493 e. The summed E-state index contributed by atoms with van der Waals surface area (Å²) in [6.45, 7) is 2.46. The Hall–Kier alpha value is -1.71. The van der Waals surface area contributed by atoms with Crippen LogP contribution in [0.5, 0.6) is 11.5 Å². The molecule has 2 rings (SSSR count). The molecule has 104 valence electrons. The first-order valence-corrected chi connectivity index (χ1v) is 6.68. The number of carboxylic acid groups (broad SMARTS) is 1.